The molecule has 0 atom stereocenters. The summed E-state index contributed by atoms with van der Waals surface area (Å²) in [4.78, 5) is 18.5. The first-order valence-electron chi connectivity index (χ1n) is 3.55. The molecular weight excluding hydrogens is 190 g/mol. The van der Waals surface area contributed by atoms with Gasteiger partial charge in [-0.2, -0.15) is 0 Å². The molecule has 2 aromatic rings. The third-order valence-electron chi connectivity index (χ3n) is 1.80. The minimum atomic E-state index is 0. The zero-order valence-electron chi connectivity index (χ0n) is 6.97. The van der Waals surface area contributed by atoms with E-state index in [1.54, 1.807) is 17.8 Å². The van der Waals surface area contributed by atoms with Crippen molar-refractivity contribution in [1.29, 1.82) is 0 Å². The highest BCUT2D eigenvalue weighted by molar-refractivity contribution is 5.85. The molecule has 0 aliphatic carbocycles. The lowest BCUT2D eigenvalue weighted by Crippen LogP contribution is -1.94. The number of rotatable bonds is 1. The van der Waals surface area contributed by atoms with Crippen LogP contribution in [0.1, 0.15) is 10.6 Å². The molecule has 0 spiro atoms. The predicted octanol–water partition coefficient (Wildman–Crippen LogP) is 1.20. The van der Waals surface area contributed by atoms with Gasteiger partial charge in [-0.3, -0.25) is 4.79 Å². The summed E-state index contributed by atoms with van der Waals surface area (Å²) in [7, 11) is 1.79. The van der Waals surface area contributed by atoms with Crippen LogP contribution in [0.5, 0.6) is 0 Å². The number of hydrogen-bond donors (Lipinski definition) is 0. The first-order chi connectivity index (χ1) is 5.83. The lowest BCUT2D eigenvalue weighted by molar-refractivity contribution is 0.111. The number of fused-ring (bicyclic) bond motifs is 1. The van der Waals surface area contributed by atoms with Crippen LogP contribution in [0.4, 0.5) is 0 Å². The summed E-state index contributed by atoms with van der Waals surface area (Å²) in [5.41, 5.74) is 1.49. The second kappa shape index (κ2) is 3.53. The largest absolute Gasteiger partial charge is 0.324 e. The summed E-state index contributed by atoms with van der Waals surface area (Å²) in [5.74, 6) is 0.406. The van der Waals surface area contributed by atoms with Gasteiger partial charge in [-0.05, 0) is 12.1 Å². The summed E-state index contributed by atoms with van der Waals surface area (Å²) in [6, 6.07) is 3.70. The van der Waals surface area contributed by atoms with Crippen molar-refractivity contribution >= 4 is 29.9 Å². The fourth-order valence-corrected chi connectivity index (χ4v) is 1.15. The van der Waals surface area contributed by atoms with E-state index >= 15 is 0 Å². The Labute approximate surface area is 81.0 Å². The molecule has 0 saturated carbocycles. The number of halogens is 1. The highest BCUT2D eigenvalue weighted by atomic mass is 35.5. The van der Waals surface area contributed by atoms with E-state index in [1.807, 2.05) is 12.1 Å². The average Bonchev–Trinajstić information content (AvgIpc) is 2.44. The SMILES string of the molecule is Cl.Cn1c(C=O)nc2ncccc21. The van der Waals surface area contributed by atoms with Gasteiger partial charge < -0.3 is 4.57 Å². The number of aryl methyl sites for hydroxylation is 1. The van der Waals surface area contributed by atoms with Crippen molar-refractivity contribution in [3.05, 3.63) is 24.2 Å². The Kier molecular flexibility index (Phi) is 2.63. The van der Waals surface area contributed by atoms with Gasteiger partial charge in [0.05, 0.1) is 5.52 Å². The van der Waals surface area contributed by atoms with Gasteiger partial charge in [-0.15, -0.1) is 12.4 Å². The van der Waals surface area contributed by atoms with Crippen molar-refractivity contribution < 1.29 is 4.79 Å². The number of aldehydes is 1. The first kappa shape index (κ1) is 9.67. The standard InChI is InChI=1S/C8H7N3O.ClH/c1-11-6-3-2-4-9-8(6)10-7(11)5-12;/h2-5H,1H3;1H. The molecule has 5 heteroatoms. The molecule has 0 N–H and O–H groups in total. The zero-order valence-corrected chi connectivity index (χ0v) is 7.78. The molecule has 0 fully saturated rings. The van der Waals surface area contributed by atoms with Crippen LogP contribution in [0.3, 0.4) is 0 Å². The molecule has 0 bridgehead atoms. The number of imidazole rings is 1. The Bertz CT molecular complexity index is 438. The molecule has 2 rings (SSSR count). The van der Waals surface area contributed by atoms with E-state index in [2.05, 4.69) is 9.97 Å². The number of aromatic nitrogens is 3. The Morgan fingerprint density at radius 3 is 2.92 bits per heavy atom. The van der Waals surface area contributed by atoms with E-state index in [0.29, 0.717) is 11.5 Å². The smallest absolute Gasteiger partial charge is 0.185 e. The van der Waals surface area contributed by atoms with E-state index in [-0.39, 0.29) is 12.4 Å². The fraction of sp³-hybridized carbons (Fsp3) is 0.125. The quantitative estimate of drug-likeness (QED) is 0.646. The zero-order chi connectivity index (χ0) is 8.55. The van der Waals surface area contributed by atoms with Crippen molar-refractivity contribution in [2.45, 2.75) is 0 Å². The van der Waals surface area contributed by atoms with Gasteiger partial charge in [0, 0.05) is 13.2 Å². The monoisotopic (exact) mass is 197 g/mol. The molecule has 0 radical (unpaired) electrons. The summed E-state index contributed by atoms with van der Waals surface area (Å²) in [6.07, 6.45) is 2.38. The number of carbonyl (C=O) groups is 1. The topological polar surface area (TPSA) is 47.8 Å². The highest BCUT2D eigenvalue weighted by Crippen LogP contribution is 2.09. The lowest BCUT2D eigenvalue weighted by Gasteiger charge is -1.92. The van der Waals surface area contributed by atoms with Gasteiger partial charge in [0.1, 0.15) is 0 Å². The highest BCUT2D eigenvalue weighted by Gasteiger charge is 2.05. The molecule has 0 aromatic carbocycles. The maximum Gasteiger partial charge on any atom is 0.185 e. The fourth-order valence-electron chi connectivity index (χ4n) is 1.15. The Balaban J connectivity index is 0.000000845. The summed E-state index contributed by atoms with van der Waals surface area (Å²) >= 11 is 0. The van der Waals surface area contributed by atoms with Crippen LogP contribution in [0, 0.1) is 0 Å². The molecule has 0 aliphatic rings. The van der Waals surface area contributed by atoms with Gasteiger partial charge in [0.25, 0.3) is 0 Å². The number of hydrogen-bond acceptors (Lipinski definition) is 3. The van der Waals surface area contributed by atoms with Crippen molar-refractivity contribution in [2.75, 3.05) is 0 Å². The predicted molar refractivity (Wildman–Crippen MR) is 51.1 cm³/mol. The van der Waals surface area contributed by atoms with E-state index in [0.717, 1.165) is 11.8 Å². The van der Waals surface area contributed by atoms with Crippen LogP contribution in [-0.4, -0.2) is 20.8 Å². The maximum atomic E-state index is 10.5. The average molecular weight is 198 g/mol. The van der Waals surface area contributed by atoms with Crippen LogP contribution in [0.25, 0.3) is 11.2 Å². The third kappa shape index (κ3) is 1.40. The summed E-state index contributed by atoms with van der Waals surface area (Å²) in [5, 5.41) is 0. The third-order valence-corrected chi connectivity index (χ3v) is 1.80. The molecule has 0 saturated heterocycles. The van der Waals surface area contributed by atoms with Crippen LogP contribution in [-0.2, 0) is 7.05 Å². The molecular formula is C8H8ClN3O. The second-order valence-corrected chi connectivity index (χ2v) is 2.49. The number of nitrogens with zero attached hydrogens (tertiary/aromatic N) is 3. The second-order valence-electron chi connectivity index (χ2n) is 2.49. The van der Waals surface area contributed by atoms with Crippen LogP contribution in [0.2, 0.25) is 0 Å². The van der Waals surface area contributed by atoms with Gasteiger partial charge in [-0.1, -0.05) is 0 Å². The minimum absolute atomic E-state index is 0. The van der Waals surface area contributed by atoms with Crippen molar-refractivity contribution in [1.82, 2.24) is 14.5 Å². The van der Waals surface area contributed by atoms with Crippen molar-refractivity contribution in [3.63, 3.8) is 0 Å². The summed E-state index contributed by atoms with van der Waals surface area (Å²) in [6.45, 7) is 0. The number of pyridine rings is 1. The molecule has 68 valence electrons. The van der Waals surface area contributed by atoms with E-state index in [4.69, 9.17) is 0 Å². The molecule has 4 nitrogen and oxygen atoms in total. The molecule has 2 aromatic heterocycles. The first-order valence-corrected chi connectivity index (χ1v) is 3.55. The van der Waals surface area contributed by atoms with E-state index in [9.17, 15) is 4.79 Å². The van der Waals surface area contributed by atoms with Crippen LogP contribution in [0.15, 0.2) is 18.3 Å². The van der Waals surface area contributed by atoms with E-state index < -0.39 is 0 Å². The van der Waals surface area contributed by atoms with Gasteiger partial charge in [0.2, 0.25) is 0 Å². The molecule has 0 aliphatic heterocycles. The lowest BCUT2D eigenvalue weighted by atomic mass is 10.4. The van der Waals surface area contributed by atoms with Crippen molar-refractivity contribution in [2.24, 2.45) is 7.05 Å². The molecule has 0 unspecified atom stereocenters. The van der Waals surface area contributed by atoms with Gasteiger partial charge in [-0.25, -0.2) is 9.97 Å². The van der Waals surface area contributed by atoms with Gasteiger partial charge >= 0.3 is 0 Å². The van der Waals surface area contributed by atoms with Crippen molar-refractivity contribution in [3.8, 4) is 0 Å². The van der Waals surface area contributed by atoms with Gasteiger partial charge in [0.15, 0.2) is 17.8 Å². The Morgan fingerprint density at radius 2 is 2.31 bits per heavy atom. The number of carbonyl (C=O) groups excluding carboxylic acids is 1. The molecule has 2 heterocycles. The Hall–Kier alpha value is -1.42. The maximum absolute atomic E-state index is 10.5. The van der Waals surface area contributed by atoms with Crippen LogP contribution >= 0.6 is 12.4 Å². The Morgan fingerprint density at radius 1 is 1.54 bits per heavy atom. The molecule has 0 amide bonds. The normalized spacial score (nSPS) is 9.62. The van der Waals surface area contributed by atoms with E-state index in [1.165, 1.54) is 0 Å². The minimum Gasteiger partial charge on any atom is -0.324 e. The van der Waals surface area contributed by atoms with Crippen LogP contribution < -0.4 is 0 Å². The molecule has 13 heavy (non-hydrogen) atoms. The summed E-state index contributed by atoms with van der Waals surface area (Å²) < 4.78 is 1.72.